The predicted octanol–water partition coefficient (Wildman–Crippen LogP) is 2.73. The molecule has 1 aliphatic rings. The second-order valence-electron chi connectivity index (χ2n) is 5.92. The van der Waals surface area contributed by atoms with E-state index >= 15 is 0 Å². The predicted molar refractivity (Wildman–Crippen MR) is 94.6 cm³/mol. The molecule has 2 amide bonds. The van der Waals surface area contributed by atoms with Crippen LogP contribution in [0.1, 0.15) is 29.6 Å². The molecular formula is C19H21N3O3. The number of rotatable bonds is 5. The molecule has 0 unspecified atom stereocenters. The van der Waals surface area contributed by atoms with Crippen LogP contribution >= 0.6 is 0 Å². The highest BCUT2D eigenvalue weighted by Crippen LogP contribution is 2.14. The van der Waals surface area contributed by atoms with E-state index in [1.165, 1.54) is 6.42 Å². The fourth-order valence-electron chi connectivity index (χ4n) is 2.71. The highest BCUT2D eigenvalue weighted by molar-refractivity contribution is 6.03. The Hall–Kier alpha value is -2.89. The van der Waals surface area contributed by atoms with Gasteiger partial charge in [0.05, 0.1) is 0 Å². The lowest BCUT2D eigenvalue weighted by atomic mass is 10.1. The van der Waals surface area contributed by atoms with Crippen LogP contribution in [0, 0.1) is 0 Å². The number of benzene rings is 1. The Balaban J connectivity index is 1.51. The number of nitrogens with one attached hydrogen (secondary N) is 1. The third kappa shape index (κ3) is 4.79. The molecule has 1 aliphatic heterocycles. The minimum atomic E-state index is -0.241. The summed E-state index contributed by atoms with van der Waals surface area (Å²) in [6, 6.07) is 12.0. The first kappa shape index (κ1) is 17.0. The van der Waals surface area contributed by atoms with Crippen LogP contribution in [0.3, 0.4) is 0 Å². The fourth-order valence-corrected chi connectivity index (χ4v) is 2.71. The number of piperidine rings is 1. The maximum atomic E-state index is 12.1. The minimum absolute atomic E-state index is 0.0108. The van der Waals surface area contributed by atoms with Crippen LogP contribution in [0.5, 0.6) is 5.75 Å². The quantitative estimate of drug-likeness (QED) is 0.909. The van der Waals surface area contributed by atoms with Crippen LogP contribution < -0.4 is 10.1 Å². The second-order valence-corrected chi connectivity index (χ2v) is 5.92. The van der Waals surface area contributed by atoms with E-state index in [2.05, 4.69) is 10.3 Å². The van der Waals surface area contributed by atoms with E-state index in [9.17, 15) is 9.59 Å². The molecule has 6 heteroatoms. The van der Waals surface area contributed by atoms with Crippen LogP contribution in [-0.2, 0) is 4.79 Å². The molecular weight excluding hydrogens is 318 g/mol. The highest BCUT2D eigenvalue weighted by Gasteiger charge is 2.16. The monoisotopic (exact) mass is 339 g/mol. The molecule has 3 rings (SSSR count). The number of aromatic nitrogens is 1. The van der Waals surface area contributed by atoms with Crippen molar-refractivity contribution < 1.29 is 14.3 Å². The van der Waals surface area contributed by atoms with Gasteiger partial charge < -0.3 is 15.0 Å². The topological polar surface area (TPSA) is 71.5 Å². The van der Waals surface area contributed by atoms with E-state index < -0.39 is 0 Å². The fraction of sp³-hybridized carbons (Fsp3) is 0.316. The third-order valence-corrected chi connectivity index (χ3v) is 4.09. The Bertz CT molecular complexity index is 710. The van der Waals surface area contributed by atoms with Gasteiger partial charge in [0.25, 0.3) is 11.8 Å². The Morgan fingerprint density at radius 1 is 1.04 bits per heavy atom. The van der Waals surface area contributed by atoms with Crippen LogP contribution in [0.25, 0.3) is 0 Å². The van der Waals surface area contributed by atoms with Crippen molar-refractivity contribution in [2.24, 2.45) is 0 Å². The van der Waals surface area contributed by atoms with E-state index in [1.54, 1.807) is 48.7 Å². The summed E-state index contributed by atoms with van der Waals surface area (Å²) in [7, 11) is 0. The minimum Gasteiger partial charge on any atom is -0.484 e. The van der Waals surface area contributed by atoms with Crippen molar-refractivity contribution in [2.75, 3.05) is 25.0 Å². The number of hydrogen-bond donors (Lipinski definition) is 1. The molecule has 130 valence electrons. The molecule has 2 heterocycles. The number of anilines is 1. The number of carbonyl (C=O) groups is 2. The van der Waals surface area contributed by atoms with Gasteiger partial charge in [-0.2, -0.15) is 0 Å². The lowest BCUT2D eigenvalue weighted by Crippen LogP contribution is -2.38. The van der Waals surface area contributed by atoms with Crippen molar-refractivity contribution in [2.45, 2.75) is 19.3 Å². The highest BCUT2D eigenvalue weighted by atomic mass is 16.5. The molecule has 6 nitrogen and oxygen atoms in total. The first-order valence-corrected chi connectivity index (χ1v) is 8.45. The van der Waals surface area contributed by atoms with Crippen LogP contribution in [-0.4, -0.2) is 41.4 Å². The van der Waals surface area contributed by atoms with Gasteiger partial charge in [0, 0.05) is 24.8 Å². The average Bonchev–Trinajstić information content (AvgIpc) is 2.68. The van der Waals surface area contributed by atoms with Gasteiger partial charge in [0.2, 0.25) is 0 Å². The summed E-state index contributed by atoms with van der Waals surface area (Å²) in [5.74, 6) is 0.839. The average molecular weight is 339 g/mol. The van der Waals surface area contributed by atoms with Crippen molar-refractivity contribution in [3.8, 4) is 5.75 Å². The van der Waals surface area contributed by atoms with Gasteiger partial charge >= 0.3 is 0 Å². The molecule has 1 fully saturated rings. The molecule has 25 heavy (non-hydrogen) atoms. The van der Waals surface area contributed by atoms with E-state index in [1.807, 2.05) is 4.90 Å². The van der Waals surface area contributed by atoms with E-state index in [4.69, 9.17) is 4.74 Å². The van der Waals surface area contributed by atoms with E-state index in [-0.39, 0.29) is 18.4 Å². The molecule has 0 atom stereocenters. The molecule has 2 aromatic rings. The van der Waals surface area contributed by atoms with Crippen molar-refractivity contribution in [3.05, 3.63) is 54.2 Å². The SMILES string of the molecule is O=C(Nc1ccccn1)c1ccc(OCC(=O)N2CCCCC2)cc1. The van der Waals surface area contributed by atoms with Crippen LogP contribution in [0.2, 0.25) is 0 Å². The maximum Gasteiger partial charge on any atom is 0.260 e. The van der Waals surface area contributed by atoms with Crippen molar-refractivity contribution in [1.82, 2.24) is 9.88 Å². The lowest BCUT2D eigenvalue weighted by Gasteiger charge is -2.26. The second kappa shape index (κ2) is 8.28. The standard InChI is InChI=1S/C19H21N3O3/c23-18(22-12-4-1-5-13-22)14-25-16-9-7-15(8-10-16)19(24)21-17-6-2-3-11-20-17/h2-3,6-11H,1,4-5,12-14H2,(H,20,21,24). The summed E-state index contributed by atoms with van der Waals surface area (Å²) < 4.78 is 5.54. The Morgan fingerprint density at radius 3 is 2.48 bits per heavy atom. The van der Waals surface area contributed by atoms with Crippen molar-refractivity contribution in [1.29, 1.82) is 0 Å². The molecule has 0 aliphatic carbocycles. The number of likely N-dealkylation sites (tertiary alicyclic amines) is 1. The van der Waals surface area contributed by atoms with E-state index in [0.717, 1.165) is 25.9 Å². The molecule has 0 radical (unpaired) electrons. The Kier molecular flexibility index (Phi) is 5.61. The molecule has 0 bridgehead atoms. The Morgan fingerprint density at radius 2 is 1.80 bits per heavy atom. The number of hydrogen-bond acceptors (Lipinski definition) is 4. The molecule has 1 aromatic carbocycles. The lowest BCUT2D eigenvalue weighted by molar-refractivity contribution is -0.134. The summed E-state index contributed by atoms with van der Waals surface area (Å²) >= 11 is 0. The molecule has 1 aromatic heterocycles. The van der Waals surface area contributed by atoms with Crippen molar-refractivity contribution in [3.63, 3.8) is 0 Å². The molecule has 1 saturated heterocycles. The summed E-state index contributed by atoms with van der Waals surface area (Å²) in [5, 5.41) is 2.72. The molecule has 0 saturated carbocycles. The van der Waals surface area contributed by atoms with Crippen molar-refractivity contribution >= 4 is 17.6 Å². The smallest absolute Gasteiger partial charge is 0.260 e. The zero-order valence-corrected chi connectivity index (χ0v) is 14.0. The zero-order valence-electron chi connectivity index (χ0n) is 14.0. The van der Waals surface area contributed by atoms with Gasteiger partial charge in [-0.1, -0.05) is 6.07 Å². The van der Waals surface area contributed by atoms with Gasteiger partial charge in [-0.3, -0.25) is 9.59 Å². The number of amides is 2. The maximum absolute atomic E-state index is 12.1. The number of ether oxygens (including phenoxy) is 1. The van der Waals surface area contributed by atoms with Crippen LogP contribution in [0.4, 0.5) is 5.82 Å². The summed E-state index contributed by atoms with van der Waals surface area (Å²) in [5.41, 5.74) is 0.500. The van der Waals surface area contributed by atoms with Gasteiger partial charge in [-0.05, 0) is 55.7 Å². The molecule has 1 N–H and O–H groups in total. The Labute approximate surface area is 146 Å². The van der Waals surface area contributed by atoms with Gasteiger partial charge in [-0.15, -0.1) is 0 Å². The first-order chi connectivity index (χ1) is 12.2. The normalized spacial score (nSPS) is 14.0. The summed E-state index contributed by atoms with van der Waals surface area (Å²) in [4.78, 5) is 30.1. The zero-order chi connectivity index (χ0) is 17.5. The van der Waals surface area contributed by atoms with Gasteiger partial charge in [0.15, 0.2) is 6.61 Å². The molecule has 0 spiro atoms. The third-order valence-electron chi connectivity index (χ3n) is 4.09. The largest absolute Gasteiger partial charge is 0.484 e. The van der Waals surface area contributed by atoms with Gasteiger partial charge in [-0.25, -0.2) is 4.98 Å². The van der Waals surface area contributed by atoms with E-state index in [0.29, 0.717) is 17.1 Å². The number of pyridine rings is 1. The van der Waals surface area contributed by atoms with Gasteiger partial charge in [0.1, 0.15) is 11.6 Å². The first-order valence-electron chi connectivity index (χ1n) is 8.45. The number of nitrogens with zero attached hydrogens (tertiary/aromatic N) is 2. The van der Waals surface area contributed by atoms with Crippen LogP contribution in [0.15, 0.2) is 48.7 Å². The number of carbonyl (C=O) groups excluding carboxylic acids is 2. The summed E-state index contributed by atoms with van der Waals surface area (Å²) in [6.07, 6.45) is 4.93. The summed E-state index contributed by atoms with van der Waals surface area (Å²) in [6.45, 7) is 1.66.